The molecule has 8 heteroatoms. The zero-order valence-corrected chi connectivity index (χ0v) is 15.6. The summed E-state index contributed by atoms with van der Waals surface area (Å²) in [6.07, 6.45) is 2.88. The van der Waals surface area contributed by atoms with Crippen molar-refractivity contribution < 1.29 is 8.42 Å². The second-order valence-electron chi connectivity index (χ2n) is 6.65. The van der Waals surface area contributed by atoms with Crippen molar-refractivity contribution in [1.29, 1.82) is 0 Å². The van der Waals surface area contributed by atoms with Crippen molar-refractivity contribution in [1.82, 2.24) is 15.5 Å². The molecule has 0 radical (unpaired) electrons. The highest BCUT2D eigenvalue weighted by atomic mass is 32.2. The molecule has 2 fully saturated rings. The van der Waals surface area contributed by atoms with Gasteiger partial charge in [-0.15, -0.1) is 0 Å². The van der Waals surface area contributed by atoms with E-state index in [1.54, 1.807) is 12.1 Å². The van der Waals surface area contributed by atoms with Crippen LogP contribution in [0.5, 0.6) is 0 Å². The Hall–Kier alpha value is -0.640. The first kappa shape index (κ1) is 18.2. The maximum Gasteiger partial charge on any atom is 0.238 e. The molecule has 3 rings (SSSR count). The van der Waals surface area contributed by atoms with Crippen molar-refractivity contribution in [2.24, 2.45) is 5.14 Å². The average Bonchev–Trinajstić information content (AvgIpc) is 3.05. The van der Waals surface area contributed by atoms with E-state index >= 15 is 0 Å². The Kier molecular flexibility index (Phi) is 5.84. The Labute approximate surface area is 148 Å². The summed E-state index contributed by atoms with van der Waals surface area (Å²) >= 11 is 2.06. The Bertz CT molecular complexity index is 645. The van der Waals surface area contributed by atoms with Crippen LogP contribution in [-0.4, -0.2) is 57.2 Å². The second kappa shape index (κ2) is 7.72. The number of benzene rings is 1. The molecule has 0 aliphatic carbocycles. The SMILES string of the molecule is CN1CC(NCC2CCCS2)NC(c2ccc(S(N)(=O)=O)cc2)C1. The summed E-state index contributed by atoms with van der Waals surface area (Å²) < 4.78 is 22.8. The van der Waals surface area contributed by atoms with Gasteiger partial charge >= 0.3 is 0 Å². The Morgan fingerprint density at radius 1 is 1.33 bits per heavy atom. The number of rotatable bonds is 5. The summed E-state index contributed by atoms with van der Waals surface area (Å²) in [6.45, 7) is 2.89. The van der Waals surface area contributed by atoms with Gasteiger partial charge in [-0.3, -0.25) is 10.6 Å². The first-order chi connectivity index (χ1) is 11.4. The van der Waals surface area contributed by atoms with E-state index in [1.165, 1.54) is 18.6 Å². The molecule has 2 aliphatic heterocycles. The molecule has 0 amide bonds. The van der Waals surface area contributed by atoms with Crippen LogP contribution in [0.3, 0.4) is 0 Å². The topological polar surface area (TPSA) is 87.5 Å². The highest BCUT2D eigenvalue weighted by molar-refractivity contribution is 8.00. The van der Waals surface area contributed by atoms with Crippen molar-refractivity contribution in [2.75, 3.05) is 32.4 Å². The zero-order chi connectivity index (χ0) is 17.2. The van der Waals surface area contributed by atoms with Crippen LogP contribution in [-0.2, 0) is 10.0 Å². The fraction of sp³-hybridized carbons (Fsp3) is 0.625. The molecular weight excluding hydrogens is 344 g/mol. The van der Waals surface area contributed by atoms with E-state index in [0.29, 0.717) is 0 Å². The van der Waals surface area contributed by atoms with Crippen molar-refractivity contribution in [2.45, 2.75) is 35.2 Å². The minimum absolute atomic E-state index is 0.156. The van der Waals surface area contributed by atoms with E-state index in [0.717, 1.165) is 30.4 Å². The van der Waals surface area contributed by atoms with E-state index in [-0.39, 0.29) is 17.1 Å². The minimum atomic E-state index is -3.64. The molecule has 2 saturated heterocycles. The van der Waals surface area contributed by atoms with E-state index < -0.39 is 10.0 Å². The lowest BCUT2D eigenvalue weighted by molar-refractivity contribution is 0.172. The summed E-state index contributed by atoms with van der Waals surface area (Å²) in [5, 5.41) is 13.2. The largest absolute Gasteiger partial charge is 0.302 e. The first-order valence-electron chi connectivity index (χ1n) is 8.34. The van der Waals surface area contributed by atoms with Crippen LogP contribution in [0, 0.1) is 0 Å². The lowest BCUT2D eigenvalue weighted by atomic mass is 10.0. The molecule has 3 unspecified atom stereocenters. The van der Waals surface area contributed by atoms with Crippen LogP contribution in [0.25, 0.3) is 0 Å². The van der Waals surface area contributed by atoms with Gasteiger partial charge in [-0.2, -0.15) is 11.8 Å². The molecule has 134 valence electrons. The summed E-state index contributed by atoms with van der Waals surface area (Å²) in [7, 11) is -1.52. The van der Waals surface area contributed by atoms with E-state index in [9.17, 15) is 8.42 Å². The van der Waals surface area contributed by atoms with Gasteiger partial charge in [-0.05, 0) is 43.3 Å². The number of nitrogens with two attached hydrogens (primary N) is 1. The van der Waals surface area contributed by atoms with Crippen LogP contribution in [0.1, 0.15) is 24.4 Å². The Morgan fingerprint density at radius 2 is 2.08 bits per heavy atom. The van der Waals surface area contributed by atoms with Crippen LogP contribution in [0.2, 0.25) is 0 Å². The number of piperazine rings is 1. The molecule has 3 atom stereocenters. The van der Waals surface area contributed by atoms with Crippen LogP contribution in [0.4, 0.5) is 0 Å². The van der Waals surface area contributed by atoms with Gasteiger partial charge in [-0.1, -0.05) is 12.1 Å². The van der Waals surface area contributed by atoms with Crippen LogP contribution >= 0.6 is 11.8 Å². The lowest BCUT2D eigenvalue weighted by Crippen LogP contribution is -2.58. The van der Waals surface area contributed by atoms with Crippen molar-refractivity contribution in [3.05, 3.63) is 29.8 Å². The highest BCUT2D eigenvalue weighted by Crippen LogP contribution is 2.25. The normalized spacial score (nSPS) is 29.0. The number of sulfonamides is 1. The van der Waals surface area contributed by atoms with Crippen molar-refractivity contribution >= 4 is 21.8 Å². The second-order valence-corrected chi connectivity index (χ2v) is 9.62. The van der Waals surface area contributed by atoms with Gasteiger partial charge in [0, 0.05) is 30.9 Å². The third-order valence-electron chi connectivity index (χ3n) is 4.62. The molecule has 0 aromatic heterocycles. The first-order valence-corrected chi connectivity index (χ1v) is 10.9. The number of hydrogen-bond acceptors (Lipinski definition) is 6. The van der Waals surface area contributed by atoms with E-state index in [1.807, 2.05) is 12.1 Å². The molecule has 0 bridgehead atoms. The molecule has 4 N–H and O–H groups in total. The standard InChI is InChI=1S/C16H26N4O2S2/c1-20-10-15(12-4-6-14(7-5-12)24(17,21)22)19-16(11-20)18-9-13-3-2-8-23-13/h4-7,13,15-16,18-19H,2-3,8-11H2,1H3,(H2,17,21,22). The predicted molar refractivity (Wildman–Crippen MR) is 98.5 cm³/mol. The molecule has 0 saturated carbocycles. The molecule has 0 spiro atoms. The summed E-state index contributed by atoms with van der Waals surface area (Å²) in [6, 6.07) is 7.03. The summed E-state index contributed by atoms with van der Waals surface area (Å²) in [4.78, 5) is 2.46. The quantitative estimate of drug-likeness (QED) is 0.708. The van der Waals surface area contributed by atoms with E-state index in [4.69, 9.17) is 5.14 Å². The number of hydrogen-bond donors (Lipinski definition) is 3. The van der Waals surface area contributed by atoms with Crippen LogP contribution in [0.15, 0.2) is 29.2 Å². The maximum atomic E-state index is 11.4. The fourth-order valence-electron chi connectivity index (χ4n) is 3.34. The average molecular weight is 371 g/mol. The molecule has 24 heavy (non-hydrogen) atoms. The Morgan fingerprint density at radius 3 is 2.71 bits per heavy atom. The van der Waals surface area contributed by atoms with Crippen molar-refractivity contribution in [3.8, 4) is 0 Å². The number of primary sulfonamides is 1. The third-order valence-corrected chi connectivity index (χ3v) is 6.95. The van der Waals surface area contributed by atoms with Crippen LogP contribution < -0.4 is 15.8 Å². The number of likely N-dealkylation sites (N-methyl/N-ethyl adjacent to an activating group) is 1. The number of nitrogens with one attached hydrogen (secondary N) is 2. The van der Waals surface area contributed by atoms with Crippen molar-refractivity contribution in [3.63, 3.8) is 0 Å². The van der Waals surface area contributed by atoms with Gasteiger partial charge in [0.05, 0.1) is 11.1 Å². The van der Waals surface area contributed by atoms with Gasteiger partial charge in [0.2, 0.25) is 10.0 Å². The zero-order valence-electron chi connectivity index (χ0n) is 13.9. The Balaban J connectivity index is 1.62. The predicted octanol–water partition coefficient (Wildman–Crippen LogP) is 0.721. The smallest absolute Gasteiger partial charge is 0.238 e. The summed E-state index contributed by atoms with van der Waals surface area (Å²) in [5.74, 6) is 1.28. The van der Waals surface area contributed by atoms with Gasteiger partial charge in [0.25, 0.3) is 0 Å². The van der Waals surface area contributed by atoms with E-state index in [2.05, 4.69) is 34.3 Å². The fourth-order valence-corrected chi connectivity index (χ4v) is 5.07. The maximum absolute atomic E-state index is 11.4. The molecule has 6 nitrogen and oxygen atoms in total. The molecule has 1 aromatic rings. The lowest BCUT2D eigenvalue weighted by Gasteiger charge is -2.38. The monoisotopic (exact) mass is 370 g/mol. The van der Waals surface area contributed by atoms with Gasteiger partial charge < -0.3 is 4.90 Å². The number of nitrogens with zero attached hydrogens (tertiary/aromatic N) is 1. The molecule has 2 aliphatic rings. The highest BCUT2D eigenvalue weighted by Gasteiger charge is 2.26. The van der Waals surface area contributed by atoms with Gasteiger partial charge in [0.15, 0.2) is 0 Å². The molecular formula is C16H26N4O2S2. The molecule has 1 aromatic carbocycles. The van der Waals surface area contributed by atoms with Gasteiger partial charge in [0.1, 0.15) is 0 Å². The minimum Gasteiger partial charge on any atom is -0.302 e. The number of thioether (sulfide) groups is 1. The third kappa shape index (κ3) is 4.71. The molecule has 2 heterocycles. The summed E-state index contributed by atoms with van der Waals surface area (Å²) in [5.41, 5.74) is 1.08. The van der Waals surface area contributed by atoms with Gasteiger partial charge in [-0.25, -0.2) is 13.6 Å².